The molecule has 1 fully saturated rings. The molecule has 0 spiro atoms. The van der Waals surface area contributed by atoms with Gasteiger partial charge >= 0.3 is 0 Å². The van der Waals surface area contributed by atoms with Gasteiger partial charge in [0.05, 0.1) is 24.5 Å². The fourth-order valence-corrected chi connectivity index (χ4v) is 3.28. The molecule has 3 aromatic heterocycles. The first kappa shape index (κ1) is 17.1. The number of nitriles is 1. The summed E-state index contributed by atoms with van der Waals surface area (Å²) >= 11 is 0. The molecular weight excluding hydrogens is 346 g/mol. The number of aryl methyl sites for hydroxylation is 1. The fourth-order valence-electron chi connectivity index (χ4n) is 3.28. The van der Waals surface area contributed by atoms with Crippen molar-refractivity contribution >= 4 is 11.6 Å². The van der Waals surface area contributed by atoms with Crippen LogP contribution in [0.2, 0.25) is 0 Å². The number of rotatable bonds is 5. The zero-order valence-electron chi connectivity index (χ0n) is 14.9. The number of furan rings is 1. The first-order valence-corrected chi connectivity index (χ1v) is 8.78. The maximum atomic E-state index is 12.8. The van der Waals surface area contributed by atoms with Crippen molar-refractivity contribution in [1.82, 2.24) is 14.3 Å². The number of nitrogens with zero attached hydrogens (tertiary/aromatic N) is 4. The van der Waals surface area contributed by atoms with Gasteiger partial charge in [-0.05, 0) is 31.9 Å². The number of hydrogen-bond acceptors (Lipinski definition) is 5. The number of aromatic nitrogens is 3. The van der Waals surface area contributed by atoms with Crippen LogP contribution in [0.1, 0.15) is 34.5 Å². The molecule has 1 amide bonds. The van der Waals surface area contributed by atoms with E-state index in [1.807, 2.05) is 12.1 Å². The van der Waals surface area contributed by atoms with Crippen LogP contribution in [-0.2, 0) is 11.3 Å². The highest BCUT2D eigenvalue weighted by atomic mass is 16.5. The summed E-state index contributed by atoms with van der Waals surface area (Å²) in [5.41, 5.74) is 0.992. The highest BCUT2D eigenvalue weighted by Crippen LogP contribution is 2.26. The van der Waals surface area contributed by atoms with Crippen LogP contribution in [0.3, 0.4) is 0 Å². The smallest absolute Gasteiger partial charge is 0.260 e. The molecule has 3 aromatic rings. The lowest BCUT2D eigenvalue weighted by molar-refractivity contribution is 0.0940. The van der Waals surface area contributed by atoms with Crippen LogP contribution in [-0.4, -0.2) is 33.0 Å². The van der Waals surface area contributed by atoms with Crippen LogP contribution in [0, 0.1) is 18.3 Å². The van der Waals surface area contributed by atoms with E-state index >= 15 is 0 Å². The lowest BCUT2D eigenvalue weighted by Crippen LogP contribution is -2.15. The molecule has 0 radical (unpaired) electrons. The predicted octanol–water partition coefficient (Wildman–Crippen LogP) is 2.88. The van der Waals surface area contributed by atoms with Crippen LogP contribution in [0.5, 0.6) is 0 Å². The van der Waals surface area contributed by atoms with Crippen molar-refractivity contribution in [2.45, 2.75) is 32.4 Å². The number of nitrogens with one attached hydrogen (secondary N) is 1. The second kappa shape index (κ2) is 7.13. The normalized spacial score (nSPS) is 16.4. The van der Waals surface area contributed by atoms with Crippen molar-refractivity contribution in [3.63, 3.8) is 0 Å². The van der Waals surface area contributed by atoms with Crippen molar-refractivity contribution in [3.8, 4) is 12.0 Å². The molecule has 4 rings (SSSR count). The Bertz CT molecular complexity index is 987. The van der Waals surface area contributed by atoms with Gasteiger partial charge in [-0.2, -0.15) is 10.4 Å². The van der Waals surface area contributed by atoms with Gasteiger partial charge in [-0.3, -0.25) is 14.0 Å². The predicted molar refractivity (Wildman–Crippen MR) is 96.6 cm³/mol. The topological polar surface area (TPSA) is 98.0 Å². The van der Waals surface area contributed by atoms with Crippen LogP contribution >= 0.6 is 0 Å². The molecule has 1 saturated heterocycles. The summed E-state index contributed by atoms with van der Waals surface area (Å²) in [6, 6.07) is 5.72. The number of amides is 1. The number of carbonyl (C=O) groups is 1. The van der Waals surface area contributed by atoms with E-state index in [-0.39, 0.29) is 17.2 Å². The van der Waals surface area contributed by atoms with E-state index in [2.05, 4.69) is 16.5 Å². The first-order chi connectivity index (χ1) is 13.2. The molecule has 8 heteroatoms. The highest BCUT2D eigenvalue weighted by molar-refractivity contribution is 6.07. The third kappa shape index (κ3) is 3.37. The molecule has 138 valence electrons. The Morgan fingerprint density at radius 2 is 2.26 bits per heavy atom. The minimum absolute atomic E-state index is 0.166. The lowest BCUT2D eigenvalue weighted by Gasteiger charge is -2.08. The third-order valence-electron chi connectivity index (χ3n) is 4.55. The molecular formula is C19H19N5O3. The molecule has 1 unspecified atom stereocenters. The Morgan fingerprint density at radius 1 is 1.44 bits per heavy atom. The second-order valence-electron chi connectivity index (χ2n) is 6.46. The molecule has 1 aliphatic rings. The Kier molecular flexibility index (Phi) is 4.52. The third-order valence-corrected chi connectivity index (χ3v) is 4.55. The van der Waals surface area contributed by atoms with Crippen molar-refractivity contribution in [1.29, 1.82) is 5.26 Å². The fraction of sp³-hybridized carbons (Fsp3) is 0.316. The van der Waals surface area contributed by atoms with Crippen LogP contribution in [0.4, 0.5) is 5.69 Å². The van der Waals surface area contributed by atoms with Crippen LogP contribution < -0.4 is 5.32 Å². The summed E-state index contributed by atoms with van der Waals surface area (Å²) in [5.74, 6) is 0.321. The molecule has 4 heterocycles. The number of carbonyl (C=O) groups excluding carboxylic acids is 1. The van der Waals surface area contributed by atoms with E-state index in [4.69, 9.17) is 9.15 Å². The molecule has 8 nitrogen and oxygen atoms in total. The number of anilines is 1. The Balaban J connectivity index is 1.53. The van der Waals surface area contributed by atoms with Crippen molar-refractivity contribution in [3.05, 3.63) is 53.8 Å². The number of ether oxygens (including phenoxy) is 1. The largest absolute Gasteiger partial charge is 0.443 e. The Labute approximate surface area is 155 Å². The molecule has 0 bridgehead atoms. The maximum absolute atomic E-state index is 12.8. The first-order valence-electron chi connectivity index (χ1n) is 8.78. The van der Waals surface area contributed by atoms with E-state index in [9.17, 15) is 10.1 Å². The van der Waals surface area contributed by atoms with Gasteiger partial charge in [-0.1, -0.05) is 0 Å². The van der Waals surface area contributed by atoms with E-state index in [0.717, 1.165) is 19.4 Å². The van der Waals surface area contributed by atoms with Crippen LogP contribution in [0.15, 0.2) is 41.3 Å². The standard InChI is InChI=1S/C19H19N5O3/c1-13-17(16(9-20)19(27-13)23-6-2-3-7-23)18(25)22-14-10-21-24(11-14)12-15-5-4-8-26-15/h2-3,6-7,10-11,15H,4-5,8,12H2,1H3,(H,22,25). The zero-order chi connectivity index (χ0) is 18.8. The zero-order valence-corrected chi connectivity index (χ0v) is 14.9. The van der Waals surface area contributed by atoms with Crippen molar-refractivity contribution in [2.75, 3.05) is 11.9 Å². The SMILES string of the molecule is Cc1oc(-n2cccc2)c(C#N)c1C(=O)Nc1cnn(CC2CCCO2)c1. The second-order valence-corrected chi connectivity index (χ2v) is 6.46. The quantitative estimate of drug-likeness (QED) is 0.750. The van der Waals surface area contributed by atoms with Gasteiger partial charge in [-0.25, -0.2) is 0 Å². The Morgan fingerprint density at radius 3 is 2.96 bits per heavy atom. The van der Waals surface area contributed by atoms with Gasteiger partial charge in [-0.15, -0.1) is 0 Å². The maximum Gasteiger partial charge on any atom is 0.260 e. The van der Waals surface area contributed by atoms with Gasteiger partial charge in [0.2, 0.25) is 5.88 Å². The highest BCUT2D eigenvalue weighted by Gasteiger charge is 2.25. The van der Waals surface area contributed by atoms with Crippen LogP contribution in [0.25, 0.3) is 5.88 Å². The average molecular weight is 365 g/mol. The monoisotopic (exact) mass is 365 g/mol. The summed E-state index contributed by atoms with van der Waals surface area (Å²) < 4.78 is 14.7. The molecule has 0 saturated carbocycles. The van der Waals surface area contributed by atoms with E-state index in [1.54, 1.807) is 41.0 Å². The van der Waals surface area contributed by atoms with E-state index in [1.165, 1.54) is 0 Å². The molecule has 0 aromatic carbocycles. The lowest BCUT2D eigenvalue weighted by atomic mass is 10.1. The van der Waals surface area contributed by atoms with E-state index in [0.29, 0.717) is 23.9 Å². The van der Waals surface area contributed by atoms with Gasteiger partial charge < -0.3 is 14.5 Å². The van der Waals surface area contributed by atoms with Gasteiger partial charge in [0.25, 0.3) is 5.91 Å². The molecule has 0 aliphatic carbocycles. The molecule has 1 N–H and O–H groups in total. The van der Waals surface area contributed by atoms with Gasteiger partial charge in [0, 0.05) is 25.2 Å². The summed E-state index contributed by atoms with van der Waals surface area (Å²) in [4.78, 5) is 12.8. The van der Waals surface area contributed by atoms with Gasteiger partial charge in [0.1, 0.15) is 23.0 Å². The minimum Gasteiger partial charge on any atom is -0.443 e. The summed E-state index contributed by atoms with van der Waals surface area (Å²) in [7, 11) is 0. The number of hydrogen-bond donors (Lipinski definition) is 1. The molecule has 1 atom stereocenters. The molecule has 1 aliphatic heterocycles. The van der Waals surface area contributed by atoms with Gasteiger partial charge in [0.15, 0.2) is 0 Å². The minimum atomic E-state index is -0.400. The molecule has 27 heavy (non-hydrogen) atoms. The summed E-state index contributed by atoms with van der Waals surface area (Å²) in [6.07, 6.45) is 9.11. The Hall–Kier alpha value is -3.31. The summed E-state index contributed by atoms with van der Waals surface area (Å²) in [6.45, 7) is 3.11. The van der Waals surface area contributed by atoms with Crippen molar-refractivity contribution < 1.29 is 13.9 Å². The summed E-state index contributed by atoms with van der Waals surface area (Å²) in [5, 5.41) is 16.6. The van der Waals surface area contributed by atoms with Crippen molar-refractivity contribution in [2.24, 2.45) is 0 Å². The van der Waals surface area contributed by atoms with E-state index < -0.39 is 5.91 Å². The average Bonchev–Trinajstić information content (AvgIpc) is 3.42.